The molecule has 2 bridgehead atoms. The van der Waals surface area contributed by atoms with E-state index in [-0.39, 0.29) is 5.54 Å². The summed E-state index contributed by atoms with van der Waals surface area (Å²) in [4.78, 5) is 9.27. The number of fused-ring (bicyclic) bond motifs is 3. The first kappa shape index (κ1) is 13.5. The number of hydrogen-bond acceptors (Lipinski definition) is 3. The zero-order chi connectivity index (χ0) is 15.4. The average Bonchev–Trinajstić information content (AvgIpc) is 3.13. The fraction of sp³-hybridized carbons (Fsp3) is 0.556. The molecule has 1 saturated heterocycles. The third kappa shape index (κ3) is 2.10. The first-order valence-electron chi connectivity index (χ1n) is 8.74. The van der Waals surface area contributed by atoms with Crippen LogP contribution in [-0.4, -0.2) is 20.9 Å². The number of benzene rings is 1. The smallest absolute Gasteiger partial charge is 0.118 e. The first-order chi connectivity index (χ1) is 11.2. The molecule has 1 aliphatic heterocycles. The minimum Gasteiger partial charge on any atom is -0.334 e. The molecule has 23 heavy (non-hydrogen) atoms. The van der Waals surface area contributed by atoms with Gasteiger partial charge in [-0.3, -0.25) is 0 Å². The molecule has 4 aliphatic rings. The Kier molecular flexibility index (Phi) is 2.83. The third-order valence-electron chi connectivity index (χ3n) is 6.19. The van der Waals surface area contributed by atoms with Crippen molar-refractivity contribution in [3.05, 3.63) is 24.5 Å². The highest BCUT2D eigenvalue weighted by molar-refractivity contribution is 5.89. The van der Waals surface area contributed by atoms with E-state index in [4.69, 9.17) is 4.99 Å². The molecule has 2 aromatic rings. The number of rotatable bonds is 1. The van der Waals surface area contributed by atoms with Gasteiger partial charge in [-0.05, 0) is 49.3 Å². The van der Waals surface area contributed by atoms with Gasteiger partial charge in [0.15, 0.2) is 0 Å². The molecule has 1 unspecified atom stereocenters. The summed E-state index contributed by atoms with van der Waals surface area (Å²) in [5.74, 6) is 2.80. The van der Waals surface area contributed by atoms with Crippen LogP contribution < -0.4 is 10.9 Å². The number of hydrogen-bond donors (Lipinski definition) is 2. The molecule has 0 radical (unpaired) electrons. The SMILES string of the molecule is Cn1cnc2cc(N=C3CC4(CC5CCC4CC5)NN3)ccc21. The number of imidazole rings is 1. The van der Waals surface area contributed by atoms with E-state index in [1.54, 1.807) is 0 Å². The van der Waals surface area contributed by atoms with Crippen LogP contribution in [0.2, 0.25) is 0 Å². The molecule has 3 saturated carbocycles. The van der Waals surface area contributed by atoms with Gasteiger partial charge in [0.1, 0.15) is 5.84 Å². The van der Waals surface area contributed by atoms with Crippen molar-refractivity contribution in [2.45, 2.75) is 44.1 Å². The second-order valence-corrected chi connectivity index (χ2v) is 7.59. The lowest BCUT2D eigenvalue weighted by atomic mass is 9.60. The Morgan fingerprint density at radius 1 is 1.26 bits per heavy atom. The van der Waals surface area contributed by atoms with Gasteiger partial charge in [-0.2, -0.15) is 0 Å². The normalized spacial score (nSPS) is 34.6. The molecule has 120 valence electrons. The number of aryl methyl sites for hydroxylation is 1. The Bertz CT molecular complexity index is 784. The van der Waals surface area contributed by atoms with Gasteiger partial charge in [-0.25, -0.2) is 15.4 Å². The van der Waals surface area contributed by atoms with Crippen LogP contribution in [-0.2, 0) is 7.05 Å². The van der Waals surface area contributed by atoms with E-state index in [9.17, 15) is 0 Å². The van der Waals surface area contributed by atoms with E-state index >= 15 is 0 Å². The monoisotopic (exact) mass is 309 g/mol. The second kappa shape index (κ2) is 4.81. The predicted octanol–water partition coefficient (Wildman–Crippen LogP) is 3.05. The maximum atomic E-state index is 4.84. The van der Waals surface area contributed by atoms with Gasteiger partial charge >= 0.3 is 0 Å². The van der Waals surface area contributed by atoms with Gasteiger partial charge in [0.05, 0.1) is 23.0 Å². The fourth-order valence-electron chi connectivity index (χ4n) is 4.97. The molecular weight excluding hydrogens is 286 g/mol. The highest BCUT2D eigenvalue weighted by atomic mass is 15.5. The summed E-state index contributed by atoms with van der Waals surface area (Å²) in [5, 5.41) is 0. The topological polar surface area (TPSA) is 54.2 Å². The van der Waals surface area contributed by atoms with Crippen LogP contribution in [0.4, 0.5) is 5.69 Å². The number of amidine groups is 1. The predicted molar refractivity (Wildman–Crippen MR) is 91.5 cm³/mol. The average molecular weight is 309 g/mol. The van der Waals surface area contributed by atoms with Crippen molar-refractivity contribution in [3.63, 3.8) is 0 Å². The van der Waals surface area contributed by atoms with E-state index in [2.05, 4.69) is 34.0 Å². The standard InChI is InChI=1S/C18H23N5/c1-23-11-19-15-8-14(6-7-16(15)23)20-17-10-18(22-21-17)9-12-2-4-13(18)5-3-12/h6-8,11-13,22H,2-5,9-10H2,1H3,(H,20,21). The Balaban J connectivity index is 1.42. The summed E-state index contributed by atoms with van der Waals surface area (Å²) in [5.41, 5.74) is 10.4. The van der Waals surface area contributed by atoms with Crippen molar-refractivity contribution in [3.8, 4) is 0 Å². The molecule has 6 rings (SSSR count). The Morgan fingerprint density at radius 3 is 2.91 bits per heavy atom. The van der Waals surface area contributed by atoms with Crippen molar-refractivity contribution < 1.29 is 0 Å². The van der Waals surface area contributed by atoms with Crippen LogP contribution in [0.1, 0.15) is 38.5 Å². The third-order valence-corrected chi connectivity index (χ3v) is 6.19. The molecule has 5 nitrogen and oxygen atoms in total. The molecule has 1 spiro atoms. The minimum atomic E-state index is 0.259. The lowest BCUT2D eigenvalue weighted by Crippen LogP contribution is -2.55. The van der Waals surface area contributed by atoms with E-state index in [0.717, 1.165) is 40.8 Å². The summed E-state index contributed by atoms with van der Waals surface area (Å²) in [6.07, 6.45) is 9.81. The van der Waals surface area contributed by atoms with Crippen LogP contribution in [0.5, 0.6) is 0 Å². The first-order valence-corrected chi connectivity index (χ1v) is 8.74. The summed E-state index contributed by atoms with van der Waals surface area (Å²) in [7, 11) is 2.02. The van der Waals surface area contributed by atoms with Crippen LogP contribution in [0.15, 0.2) is 29.5 Å². The van der Waals surface area contributed by atoms with Crippen molar-refractivity contribution in [2.24, 2.45) is 23.9 Å². The Morgan fingerprint density at radius 2 is 2.13 bits per heavy atom. The maximum absolute atomic E-state index is 4.84. The van der Waals surface area contributed by atoms with Crippen molar-refractivity contribution >= 4 is 22.6 Å². The number of aliphatic imine (C=N–C) groups is 1. The van der Waals surface area contributed by atoms with Gasteiger partial charge in [-0.1, -0.05) is 12.8 Å². The van der Waals surface area contributed by atoms with Gasteiger partial charge in [0.2, 0.25) is 0 Å². The van der Waals surface area contributed by atoms with E-state index < -0.39 is 0 Å². The summed E-state index contributed by atoms with van der Waals surface area (Å²) in [6, 6.07) is 6.25. The van der Waals surface area contributed by atoms with Crippen LogP contribution >= 0.6 is 0 Å². The zero-order valence-corrected chi connectivity index (χ0v) is 13.5. The van der Waals surface area contributed by atoms with Gasteiger partial charge in [-0.15, -0.1) is 0 Å². The van der Waals surface area contributed by atoms with Gasteiger partial charge < -0.3 is 9.99 Å². The molecule has 5 heteroatoms. The van der Waals surface area contributed by atoms with E-state index in [0.29, 0.717) is 0 Å². The van der Waals surface area contributed by atoms with E-state index in [1.807, 2.05) is 17.9 Å². The zero-order valence-electron chi connectivity index (χ0n) is 13.5. The molecule has 0 amide bonds. The molecule has 4 fully saturated rings. The quantitative estimate of drug-likeness (QED) is 0.851. The molecule has 2 heterocycles. The van der Waals surface area contributed by atoms with Crippen LogP contribution in [0.25, 0.3) is 11.0 Å². The maximum Gasteiger partial charge on any atom is 0.118 e. The number of nitrogens with one attached hydrogen (secondary N) is 2. The Hall–Kier alpha value is -1.88. The second-order valence-electron chi connectivity index (χ2n) is 7.59. The molecule has 1 aromatic heterocycles. The molecule has 2 N–H and O–H groups in total. The number of hydrazine groups is 1. The van der Waals surface area contributed by atoms with Crippen molar-refractivity contribution in [1.82, 2.24) is 20.4 Å². The van der Waals surface area contributed by atoms with Crippen LogP contribution in [0, 0.1) is 11.8 Å². The summed E-state index contributed by atoms with van der Waals surface area (Å²) < 4.78 is 2.04. The summed E-state index contributed by atoms with van der Waals surface area (Å²) >= 11 is 0. The van der Waals surface area contributed by atoms with E-state index in [1.165, 1.54) is 32.1 Å². The van der Waals surface area contributed by atoms with Crippen molar-refractivity contribution in [1.29, 1.82) is 0 Å². The molecule has 3 aliphatic carbocycles. The lowest BCUT2D eigenvalue weighted by Gasteiger charge is -2.49. The number of aromatic nitrogens is 2. The van der Waals surface area contributed by atoms with Gasteiger partial charge in [0, 0.05) is 19.0 Å². The highest BCUT2D eigenvalue weighted by Gasteiger charge is 2.50. The lowest BCUT2D eigenvalue weighted by molar-refractivity contribution is 0.0523. The molecule has 1 aromatic carbocycles. The van der Waals surface area contributed by atoms with Gasteiger partial charge in [0.25, 0.3) is 0 Å². The molecule has 1 atom stereocenters. The van der Waals surface area contributed by atoms with Crippen molar-refractivity contribution in [2.75, 3.05) is 0 Å². The van der Waals surface area contributed by atoms with Crippen LogP contribution in [0.3, 0.4) is 0 Å². The summed E-state index contributed by atoms with van der Waals surface area (Å²) in [6.45, 7) is 0. The fourth-order valence-corrected chi connectivity index (χ4v) is 4.97. The minimum absolute atomic E-state index is 0.259. The highest BCUT2D eigenvalue weighted by Crippen LogP contribution is 2.49. The Labute approximate surface area is 136 Å². The largest absolute Gasteiger partial charge is 0.334 e. The number of nitrogens with zero attached hydrogens (tertiary/aromatic N) is 3. The molecular formula is C18H23N5.